The molecule has 0 aliphatic heterocycles. The van der Waals surface area contributed by atoms with E-state index in [9.17, 15) is 9.59 Å². The lowest BCUT2D eigenvalue weighted by Gasteiger charge is -2.12. The van der Waals surface area contributed by atoms with Crippen molar-refractivity contribution < 1.29 is 14.7 Å². The Morgan fingerprint density at radius 2 is 2.21 bits per heavy atom. The molecule has 1 rings (SSSR count). The van der Waals surface area contributed by atoms with Gasteiger partial charge < -0.3 is 16.2 Å². The van der Waals surface area contributed by atoms with Gasteiger partial charge >= 0.3 is 5.97 Å². The maximum Gasteiger partial charge on any atom is 0.305 e. The van der Waals surface area contributed by atoms with Gasteiger partial charge in [-0.05, 0) is 30.2 Å². The summed E-state index contributed by atoms with van der Waals surface area (Å²) in [5.41, 5.74) is 7.07. The van der Waals surface area contributed by atoms with Crippen LogP contribution in [0, 0.1) is 0 Å². The van der Waals surface area contributed by atoms with Crippen molar-refractivity contribution in [3.8, 4) is 0 Å². The van der Waals surface area contributed by atoms with Gasteiger partial charge in [-0.3, -0.25) is 9.59 Å². The number of hydrogen-bond donors (Lipinski definition) is 3. The van der Waals surface area contributed by atoms with Gasteiger partial charge in [-0.15, -0.1) is 0 Å². The van der Waals surface area contributed by atoms with Gasteiger partial charge in [0.15, 0.2) is 0 Å². The number of nitrogens with two attached hydrogens (primary N) is 1. The number of carboxylic acids is 1. The van der Waals surface area contributed by atoms with Gasteiger partial charge in [0.25, 0.3) is 0 Å². The molecule has 0 aliphatic rings. The molecule has 1 atom stereocenters. The molecule has 0 bridgehead atoms. The van der Waals surface area contributed by atoms with Crippen LogP contribution in [-0.2, 0) is 9.59 Å². The smallest absolute Gasteiger partial charge is 0.305 e. The van der Waals surface area contributed by atoms with E-state index in [1.165, 1.54) is 6.08 Å². The average Bonchev–Trinajstić information content (AvgIpc) is 2.35. The predicted octanol–water partition coefficient (Wildman–Crippen LogP) is 1.65. The van der Waals surface area contributed by atoms with Gasteiger partial charge in [0.1, 0.15) is 0 Å². The number of carbonyl (C=O) groups excluding carboxylic acids is 1. The third-order valence-electron chi connectivity index (χ3n) is 2.60. The van der Waals surface area contributed by atoms with E-state index in [2.05, 4.69) is 5.32 Å². The predicted molar refractivity (Wildman–Crippen MR) is 74.4 cm³/mol. The Bertz CT molecular complexity index is 483. The molecule has 102 valence electrons. The van der Waals surface area contributed by atoms with E-state index < -0.39 is 5.97 Å². The topological polar surface area (TPSA) is 92.4 Å². The van der Waals surface area contributed by atoms with Crippen molar-refractivity contribution in [1.82, 2.24) is 5.32 Å². The Kier molecular flexibility index (Phi) is 5.60. The van der Waals surface area contributed by atoms with E-state index >= 15 is 0 Å². The number of hydrogen-bond acceptors (Lipinski definition) is 3. The molecule has 0 heterocycles. The zero-order valence-corrected chi connectivity index (χ0v) is 10.8. The van der Waals surface area contributed by atoms with Crippen LogP contribution in [-0.4, -0.2) is 23.0 Å². The highest BCUT2D eigenvalue weighted by Crippen LogP contribution is 2.08. The van der Waals surface area contributed by atoms with Crippen LogP contribution in [0.4, 0.5) is 5.69 Å². The van der Waals surface area contributed by atoms with E-state index in [1.54, 1.807) is 24.3 Å². The van der Waals surface area contributed by atoms with Gasteiger partial charge in [-0.25, -0.2) is 0 Å². The van der Waals surface area contributed by atoms with E-state index in [0.29, 0.717) is 12.1 Å². The van der Waals surface area contributed by atoms with Crippen LogP contribution in [0.1, 0.15) is 25.3 Å². The summed E-state index contributed by atoms with van der Waals surface area (Å²) in [6.45, 7) is 1.83. The van der Waals surface area contributed by atoms with E-state index in [4.69, 9.17) is 10.8 Å². The first-order valence-electron chi connectivity index (χ1n) is 6.07. The largest absolute Gasteiger partial charge is 0.481 e. The number of carboxylic acid groups (broad SMARTS) is 1. The summed E-state index contributed by atoms with van der Waals surface area (Å²) in [6.07, 6.45) is 3.51. The second-order valence-corrected chi connectivity index (χ2v) is 4.22. The molecule has 0 aliphatic carbocycles. The highest BCUT2D eigenvalue weighted by atomic mass is 16.4. The standard InChI is InChI=1S/C14H18N2O3/c1-2-12(9-14(18)19)16-13(17)7-6-10-4-3-5-11(15)8-10/h3-8,12H,2,9,15H2,1H3,(H,16,17)(H,18,19)/b7-6+. The minimum atomic E-state index is -0.924. The molecular formula is C14H18N2O3. The Balaban J connectivity index is 2.56. The summed E-state index contributed by atoms with van der Waals surface area (Å²) in [7, 11) is 0. The lowest BCUT2D eigenvalue weighted by Crippen LogP contribution is -2.34. The van der Waals surface area contributed by atoms with E-state index in [0.717, 1.165) is 5.56 Å². The first-order chi connectivity index (χ1) is 9.01. The number of rotatable bonds is 6. The normalized spacial score (nSPS) is 12.3. The number of anilines is 1. The first kappa shape index (κ1) is 14.8. The minimum Gasteiger partial charge on any atom is -0.481 e. The average molecular weight is 262 g/mol. The summed E-state index contributed by atoms with van der Waals surface area (Å²) < 4.78 is 0. The van der Waals surface area contributed by atoms with Crippen molar-refractivity contribution in [2.45, 2.75) is 25.8 Å². The van der Waals surface area contributed by atoms with Crippen LogP contribution < -0.4 is 11.1 Å². The maximum absolute atomic E-state index is 11.6. The molecule has 1 aromatic rings. The van der Waals surface area contributed by atoms with Gasteiger partial charge in [0.2, 0.25) is 5.91 Å². The van der Waals surface area contributed by atoms with Crippen molar-refractivity contribution >= 4 is 23.6 Å². The van der Waals surface area contributed by atoms with Gasteiger partial charge in [-0.1, -0.05) is 19.1 Å². The van der Waals surface area contributed by atoms with E-state index in [1.807, 2.05) is 13.0 Å². The van der Waals surface area contributed by atoms with Crippen LogP contribution in [0.25, 0.3) is 6.08 Å². The highest BCUT2D eigenvalue weighted by Gasteiger charge is 2.12. The Labute approximate surface area is 112 Å². The number of benzene rings is 1. The van der Waals surface area contributed by atoms with Crippen LogP contribution in [0.3, 0.4) is 0 Å². The summed E-state index contributed by atoms with van der Waals surface area (Å²) in [6, 6.07) is 6.78. The highest BCUT2D eigenvalue weighted by molar-refractivity contribution is 5.92. The van der Waals surface area contributed by atoms with Crippen LogP contribution in [0.5, 0.6) is 0 Å². The molecule has 0 saturated carbocycles. The molecule has 4 N–H and O–H groups in total. The molecule has 1 unspecified atom stereocenters. The Hall–Kier alpha value is -2.30. The quantitative estimate of drug-likeness (QED) is 0.537. The van der Waals surface area contributed by atoms with Gasteiger partial charge in [0.05, 0.1) is 6.42 Å². The molecule has 0 spiro atoms. The molecule has 1 amide bonds. The molecule has 5 nitrogen and oxygen atoms in total. The molecule has 19 heavy (non-hydrogen) atoms. The Morgan fingerprint density at radius 3 is 2.79 bits per heavy atom. The molecule has 0 saturated heterocycles. The number of aliphatic carboxylic acids is 1. The molecule has 0 fully saturated rings. The third kappa shape index (κ3) is 5.72. The van der Waals surface area contributed by atoms with Crippen LogP contribution >= 0.6 is 0 Å². The summed E-state index contributed by atoms with van der Waals surface area (Å²) in [5, 5.41) is 11.3. The number of nitrogen functional groups attached to an aromatic ring is 1. The Morgan fingerprint density at radius 1 is 1.47 bits per heavy atom. The summed E-state index contributed by atoms with van der Waals surface area (Å²) in [4.78, 5) is 22.2. The zero-order valence-electron chi connectivity index (χ0n) is 10.8. The summed E-state index contributed by atoms with van der Waals surface area (Å²) >= 11 is 0. The van der Waals surface area contributed by atoms with Crippen molar-refractivity contribution in [3.63, 3.8) is 0 Å². The van der Waals surface area contributed by atoms with Gasteiger partial charge in [-0.2, -0.15) is 0 Å². The van der Waals surface area contributed by atoms with Crippen LogP contribution in [0.15, 0.2) is 30.3 Å². The maximum atomic E-state index is 11.6. The van der Waals surface area contributed by atoms with Gasteiger partial charge in [0, 0.05) is 17.8 Å². The SMILES string of the molecule is CCC(CC(=O)O)NC(=O)/C=C/c1cccc(N)c1. The lowest BCUT2D eigenvalue weighted by molar-refractivity contribution is -0.137. The van der Waals surface area contributed by atoms with Crippen molar-refractivity contribution in [1.29, 1.82) is 0 Å². The summed E-state index contributed by atoms with van der Waals surface area (Å²) in [5.74, 6) is -1.23. The minimum absolute atomic E-state index is 0.0750. The second kappa shape index (κ2) is 7.20. The van der Waals surface area contributed by atoms with Crippen molar-refractivity contribution in [2.75, 3.05) is 5.73 Å². The fraction of sp³-hybridized carbons (Fsp3) is 0.286. The monoisotopic (exact) mass is 262 g/mol. The third-order valence-corrected chi connectivity index (χ3v) is 2.60. The van der Waals surface area contributed by atoms with Crippen LogP contribution in [0.2, 0.25) is 0 Å². The molecule has 1 aromatic carbocycles. The number of amides is 1. The fourth-order valence-corrected chi connectivity index (χ4v) is 1.59. The zero-order chi connectivity index (χ0) is 14.3. The second-order valence-electron chi connectivity index (χ2n) is 4.22. The molecule has 0 aromatic heterocycles. The number of nitrogens with one attached hydrogen (secondary N) is 1. The lowest BCUT2D eigenvalue weighted by atomic mass is 10.1. The number of carbonyl (C=O) groups is 2. The molecular weight excluding hydrogens is 244 g/mol. The molecule has 0 radical (unpaired) electrons. The molecule has 5 heteroatoms. The fourth-order valence-electron chi connectivity index (χ4n) is 1.59. The first-order valence-corrected chi connectivity index (χ1v) is 6.07. The van der Waals surface area contributed by atoms with Crippen molar-refractivity contribution in [3.05, 3.63) is 35.9 Å². The van der Waals surface area contributed by atoms with E-state index in [-0.39, 0.29) is 18.4 Å². The van der Waals surface area contributed by atoms with Crippen molar-refractivity contribution in [2.24, 2.45) is 0 Å².